The maximum Gasteiger partial charge on any atom is 0.314 e. The number of hydrogen-bond acceptors (Lipinski definition) is 5. The van der Waals surface area contributed by atoms with Crippen LogP contribution in [-0.4, -0.2) is 49.6 Å². The first-order valence-corrected chi connectivity index (χ1v) is 9.27. The van der Waals surface area contributed by atoms with E-state index in [0.29, 0.717) is 19.4 Å². The predicted octanol–water partition coefficient (Wildman–Crippen LogP) is 2.63. The van der Waals surface area contributed by atoms with Crippen molar-refractivity contribution >= 4 is 17.8 Å². The summed E-state index contributed by atoms with van der Waals surface area (Å²) in [5.41, 5.74) is -0.924. The summed E-state index contributed by atoms with van der Waals surface area (Å²) in [5, 5.41) is 0. The van der Waals surface area contributed by atoms with Gasteiger partial charge in [-0.1, -0.05) is 6.07 Å². The van der Waals surface area contributed by atoms with E-state index in [1.807, 2.05) is 0 Å². The number of amides is 1. The van der Waals surface area contributed by atoms with Crippen LogP contribution in [0.1, 0.15) is 38.2 Å². The van der Waals surface area contributed by atoms with Crippen LogP contribution in [0.15, 0.2) is 18.2 Å². The van der Waals surface area contributed by atoms with E-state index < -0.39 is 29.0 Å². The highest BCUT2D eigenvalue weighted by atomic mass is 19.1. The van der Waals surface area contributed by atoms with Gasteiger partial charge in [0.15, 0.2) is 0 Å². The zero-order valence-corrected chi connectivity index (χ0v) is 16.1. The number of piperidine rings is 1. The van der Waals surface area contributed by atoms with Gasteiger partial charge < -0.3 is 14.4 Å². The molecule has 0 aliphatic carbocycles. The average molecular weight is 397 g/mol. The number of rotatable bonds is 7. The molecule has 1 fully saturated rings. The van der Waals surface area contributed by atoms with E-state index in [1.165, 1.54) is 18.1 Å². The van der Waals surface area contributed by atoms with E-state index in [1.54, 1.807) is 6.92 Å². The van der Waals surface area contributed by atoms with Crippen molar-refractivity contribution in [2.75, 3.05) is 26.8 Å². The second kappa shape index (κ2) is 9.61. The molecule has 1 saturated heterocycles. The van der Waals surface area contributed by atoms with Gasteiger partial charge in [0.2, 0.25) is 5.91 Å². The molecule has 0 bridgehead atoms. The topological polar surface area (TPSA) is 72.9 Å². The van der Waals surface area contributed by atoms with Gasteiger partial charge in [-0.05, 0) is 37.8 Å². The van der Waals surface area contributed by atoms with Crippen LogP contribution in [0.25, 0.3) is 0 Å². The lowest BCUT2D eigenvalue weighted by Crippen LogP contribution is -2.51. The maximum absolute atomic E-state index is 14.2. The molecule has 1 aromatic rings. The van der Waals surface area contributed by atoms with Gasteiger partial charge in [-0.3, -0.25) is 14.4 Å². The molecule has 28 heavy (non-hydrogen) atoms. The van der Waals surface area contributed by atoms with Gasteiger partial charge in [0, 0.05) is 25.6 Å². The van der Waals surface area contributed by atoms with E-state index in [4.69, 9.17) is 4.74 Å². The summed E-state index contributed by atoms with van der Waals surface area (Å²) in [4.78, 5) is 38.0. The fourth-order valence-electron chi connectivity index (χ4n) is 3.51. The number of benzene rings is 1. The molecule has 8 heteroatoms. The summed E-state index contributed by atoms with van der Waals surface area (Å²) in [5.74, 6) is -2.72. The van der Waals surface area contributed by atoms with Gasteiger partial charge in [-0.2, -0.15) is 0 Å². The lowest BCUT2D eigenvalue weighted by molar-refractivity contribution is -0.161. The molecule has 1 unspecified atom stereocenters. The minimum Gasteiger partial charge on any atom is -0.469 e. The third kappa shape index (κ3) is 5.27. The Morgan fingerprint density at radius 3 is 2.61 bits per heavy atom. The van der Waals surface area contributed by atoms with E-state index >= 15 is 0 Å². The maximum atomic E-state index is 14.2. The van der Waals surface area contributed by atoms with Gasteiger partial charge in [0.25, 0.3) is 0 Å². The molecule has 1 amide bonds. The molecular formula is C20H25F2NO5. The second-order valence-electron chi connectivity index (χ2n) is 6.91. The standard InChI is InChI=1S/C20H25F2NO5/c1-3-28-19(26)20(12-14-5-6-15(21)11-16(14)22)9-4-10-23(13-20)17(24)7-8-18(25)27-2/h5-6,11H,3-4,7-10,12-13H2,1-2H3. The molecule has 0 saturated carbocycles. The van der Waals surface area contributed by atoms with Crippen molar-refractivity contribution in [2.24, 2.45) is 5.41 Å². The fourth-order valence-corrected chi connectivity index (χ4v) is 3.51. The van der Waals surface area contributed by atoms with Gasteiger partial charge in [0.1, 0.15) is 11.6 Å². The minimum absolute atomic E-state index is 0.00126. The summed E-state index contributed by atoms with van der Waals surface area (Å²) in [6.07, 6.45) is 0.870. The highest BCUT2D eigenvalue weighted by Gasteiger charge is 2.45. The Morgan fingerprint density at radius 2 is 1.96 bits per heavy atom. The SMILES string of the molecule is CCOC(=O)C1(Cc2ccc(F)cc2F)CCCN(C(=O)CCC(=O)OC)C1. The Bertz CT molecular complexity index is 739. The summed E-state index contributed by atoms with van der Waals surface area (Å²) in [6, 6.07) is 3.22. The largest absolute Gasteiger partial charge is 0.469 e. The number of nitrogens with zero attached hydrogens (tertiary/aromatic N) is 1. The highest BCUT2D eigenvalue weighted by Crippen LogP contribution is 2.36. The molecule has 1 aliphatic heterocycles. The molecule has 0 spiro atoms. The lowest BCUT2D eigenvalue weighted by atomic mass is 9.74. The highest BCUT2D eigenvalue weighted by molar-refractivity contribution is 5.83. The molecule has 6 nitrogen and oxygen atoms in total. The Morgan fingerprint density at radius 1 is 1.21 bits per heavy atom. The number of ether oxygens (including phenoxy) is 2. The molecule has 1 atom stereocenters. The van der Waals surface area contributed by atoms with Crippen molar-refractivity contribution in [1.82, 2.24) is 4.90 Å². The number of halogens is 2. The van der Waals surface area contributed by atoms with Crippen molar-refractivity contribution < 1.29 is 32.6 Å². The van der Waals surface area contributed by atoms with Crippen LogP contribution >= 0.6 is 0 Å². The van der Waals surface area contributed by atoms with Gasteiger partial charge in [-0.25, -0.2) is 8.78 Å². The molecule has 154 valence electrons. The molecular weight excluding hydrogens is 372 g/mol. The minimum atomic E-state index is -1.12. The number of likely N-dealkylation sites (tertiary alicyclic amines) is 1. The Balaban J connectivity index is 2.22. The zero-order valence-electron chi connectivity index (χ0n) is 16.1. The Kier molecular flexibility index (Phi) is 7.48. The smallest absolute Gasteiger partial charge is 0.314 e. The molecule has 1 aromatic carbocycles. The van der Waals surface area contributed by atoms with Crippen molar-refractivity contribution in [1.29, 1.82) is 0 Å². The van der Waals surface area contributed by atoms with Crippen molar-refractivity contribution in [3.8, 4) is 0 Å². The van der Waals surface area contributed by atoms with E-state index in [-0.39, 0.29) is 43.9 Å². The van der Waals surface area contributed by atoms with Crippen LogP contribution in [0, 0.1) is 17.0 Å². The van der Waals surface area contributed by atoms with Crippen LogP contribution in [-0.2, 0) is 30.3 Å². The summed E-state index contributed by atoms with van der Waals surface area (Å²) in [6.45, 7) is 2.32. The first-order chi connectivity index (χ1) is 13.3. The lowest BCUT2D eigenvalue weighted by Gasteiger charge is -2.41. The summed E-state index contributed by atoms with van der Waals surface area (Å²) in [7, 11) is 1.25. The number of hydrogen-bond donors (Lipinski definition) is 0. The normalized spacial score (nSPS) is 19.2. The number of carbonyl (C=O) groups excluding carboxylic acids is 3. The zero-order chi connectivity index (χ0) is 20.7. The molecule has 0 aromatic heterocycles. The molecule has 1 aliphatic rings. The van der Waals surface area contributed by atoms with Gasteiger partial charge in [0.05, 0.1) is 25.6 Å². The van der Waals surface area contributed by atoms with Gasteiger partial charge >= 0.3 is 11.9 Å². The van der Waals surface area contributed by atoms with Crippen LogP contribution in [0.3, 0.4) is 0 Å². The molecule has 0 radical (unpaired) electrons. The van der Waals surface area contributed by atoms with Gasteiger partial charge in [-0.15, -0.1) is 0 Å². The third-order valence-corrected chi connectivity index (χ3v) is 4.95. The van der Waals surface area contributed by atoms with Crippen LogP contribution in [0.4, 0.5) is 8.78 Å². The quantitative estimate of drug-likeness (QED) is 0.662. The number of esters is 2. The summed E-state index contributed by atoms with van der Waals surface area (Å²) >= 11 is 0. The molecule has 1 heterocycles. The van der Waals surface area contributed by atoms with Crippen molar-refractivity contribution in [3.05, 3.63) is 35.4 Å². The van der Waals surface area contributed by atoms with Crippen LogP contribution in [0.5, 0.6) is 0 Å². The molecule has 2 rings (SSSR count). The number of methoxy groups -OCH3 is 1. The molecule has 0 N–H and O–H groups in total. The van der Waals surface area contributed by atoms with E-state index in [9.17, 15) is 23.2 Å². The Labute approximate surface area is 162 Å². The van der Waals surface area contributed by atoms with Crippen molar-refractivity contribution in [3.63, 3.8) is 0 Å². The van der Waals surface area contributed by atoms with E-state index in [0.717, 1.165) is 12.1 Å². The van der Waals surface area contributed by atoms with Crippen LogP contribution in [0.2, 0.25) is 0 Å². The fraction of sp³-hybridized carbons (Fsp3) is 0.550. The number of carbonyl (C=O) groups is 3. The first kappa shape index (κ1) is 21.8. The summed E-state index contributed by atoms with van der Waals surface area (Å²) < 4.78 is 37.2. The third-order valence-electron chi connectivity index (χ3n) is 4.95. The van der Waals surface area contributed by atoms with Crippen molar-refractivity contribution in [2.45, 2.75) is 39.0 Å². The monoisotopic (exact) mass is 397 g/mol. The Hall–Kier alpha value is -2.51. The van der Waals surface area contributed by atoms with Crippen LogP contribution < -0.4 is 0 Å². The predicted molar refractivity (Wildman–Crippen MR) is 96.2 cm³/mol. The second-order valence-corrected chi connectivity index (χ2v) is 6.91. The first-order valence-electron chi connectivity index (χ1n) is 9.27. The average Bonchev–Trinajstić information content (AvgIpc) is 2.68. The van der Waals surface area contributed by atoms with E-state index in [2.05, 4.69) is 4.74 Å².